The number of aromatic nitrogens is 2. The van der Waals surface area contributed by atoms with E-state index in [9.17, 15) is 4.79 Å². The number of hydrogen-bond donors (Lipinski definition) is 2. The molecule has 2 heterocycles. The van der Waals surface area contributed by atoms with E-state index >= 15 is 0 Å². The van der Waals surface area contributed by atoms with Gasteiger partial charge in [-0.05, 0) is 12.1 Å². The Labute approximate surface area is 80.9 Å². The number of nitrogens with two attached hydrogens (primary N) is 2. The van der Waals surface area contributed by atoms with E-state index in [1.807, 2.05) is 4.90 Å². The summed E-state index contributed by atoms with van der Waals surface area (Å²) in [6, 6.07) is 3.46. The van der Waals surface area contributed by atoms with Gasteiger partial charge >= 0.3 is 0 Å². The van der Waals surface area contributed by atoms with Crippen LogP contribution in [0, 0.1) is 5.92 Å². The Bertz CT molecular complexity index is 343. The molecule has 4 N–H and O–H groups in total. The molecule has 0 bridgehead atoms. The maximum atomic E-state index is 10.8. The standard InChI is InChI=1S/C8H11N5O/c9-6-1-2-7(12-11-6)13-3-5(4-13)8(10)14/h1-2,5H,3-4H2,(H2,9,11)(H2,10,14). The van der Waals surface area contributed by atoms with Crippen LogP contribution in [0.25, 0.3) is 0 Å². The van der Waals surface area contributed by atoms with Gasteiger partial charge in [-0.2, -0.15) is 0 Å². The maximum Gasteiger partial charge on any atom is 0.224 e. The second kappa shape index (κ2) is 3.13. The fourth-order valence-corrected chi connectivity index (χ4v) is 1.35. The number of carbonyl (C=O) groups is 1. The van der Waals surface area contributed by atoms with E-state index < -0.39 is 0 Å². The highest BCUT2D eigenvalue weighted by Gasteiger charge is 2.31. The van der Waals surface area contributed by atoms with Gasteiger partial charge in [-0.25, -0.2) is 0 Å². The number of nitrogens with zero attached hydrogens (tertiary/aromatic N) is 3. The van der Waals surface area contributed by atoms with Crippen molar-refractivity contribution in [3.05, 3.63) is 12.1 Å². The molecule has 74 valence electrons. The minimum atomic E-state index is -0.260. The molecule has 0 aliphatic carbocycles. The minimum Gasteiger partial charge on any atom is -0.382 e. The summed E-state index contributed by atoms with van der Waals surface area (Å²) in [6.07, 6.45) is 0. The summed E-state index contributed by atoms with van der Waals surface area (Å²) in [7, 11) is 0. The molecule has 0 radical (unpaired) electrons. The van der Waals surface area contributed by atoms with Gasteiger partial charge in [0.15, 0.2) is 5.82 Å². The second-order valence-corrected chi connectivity index (χ2v) is 3.32. The van der Waals surface area contributed by atoms with Crippen molar-refractivity contribution in [1.82, 2.24) is 10.2 Å². The first-order chi connectivity index (χ1) is 6.66. The van der Waals surface area contributed by atoms with E-state index in [0.29, 0.717) is 18.9 Å². The van der Waals surface area contributed by atoms with Crippen molar-refractivity contribution in [3.63, 3.8) is 0 Å². The second-order valence-electron chi connectivity index (χ2n) is 3.32. The molecule has 1 aliphatic rings. The van der Waals surface area contributed by atoms with Gasteiger partial charge in [-0.15, -0.1) is 10.2 Å². The van der Waals surface area contributed by atoms with Crippen LogP contribution in [0.15, 0.2) is 12.1 Å². The Morgan fingerprint density at radius 1 is 1.43 bits per heavy atom. The molecule has 1 aromatic heterocycles. The van der Waals surface area contributed by atoms with E-state index in [1.165, 1.54) is 0 Å². The first kappa shape index (κ1) is 8.74. The number of anilines is 2. The first-order valence-electron chi connectivity index (χ1n) is 4.30. The fourth-order valence-electron chi connectivity index (χ4n) is 1.35. The highest BCUT2D eigenvalue weighted by Crippen LogP contribution is 2.21. The van der Waals surface area contributed by atoms with Gasteiger partial charge in [0.05, 0.1) is 5.92 Å². The van der Waals surface area contributed by atoms with Crippen molar-refractivity contribution in [2.75, 3.05) is 23.7 Å². The molecule has 2 rings (SSSR count). The Kier molecular flexibility index (Phi) is 1.95. The lowest BCUT2D eigenvalue weighted by Crippen LogP contribution is -2.52. The normalized spacial score (nSPS) is 16.4. The third-order valence-electron chi connectivity index (χ3n) is 2.28. The predicted molar refractivity (Wildman–Crippen MR) is 51.3 cm³/mol. The molecule has 0 saturated carbocycles. The molecule has 0 unspecified atom stereocenters. The van der Waals surface area contributed by atoms with Crippen LogP contribution in [0.4, 0.5) is 11.6 Å². The fraction of sp³-hybridized carbons (Fsp3) is 0.375. The van der Waals surface area contributed by atoms with Crippen LogP contribution in [0.5, 0.6) is 0 Å². The average Bonchev–Trinajstić information content (AvgIpc) is 2.05. The summed E-state index contributed by atoms with van der Waals surface area (Å²) in [5.41, 5.74) is 10.5. The van der Waals surface area contributed by atoms with E-state index in [0.717, 1.165) is 5.82 Å². The predicted octanol–water partition coefficient (Wildman–Crippen LogP) is -1.02. The molecule has 14 heavy (non-hydrogen) atoms. The van der Waals surface area contributed by atoms with Crippen molar-refractivity contribution in [2.24, 2.45) is 11.7 Å². The molecule has 1 fully saturated rings. The van der Waals surface area contributed by atoms with Gasteiger partial charge in [0.1, 0.15) is 5.82 Å². The van der Waals surface area contributed by atoms with Crippen LogP contribution < -0.4 is 16.4 Å². The van der Waals surface area contributed by atoms with E-state index in [2.05, 4.69) is 10.2 Å². The third-order valence-corrected chi connectivity index (χ3v) is 2.28. The summed E-state index contributed by atoms with van der Waals surface area (Å²) in [5.74, 6) is 0.802. The molecule has 1 aliphatic heterocycles. The molecule has 1 saturated heterocycles. The lowest BCUT2D eigenvalue weighted by Gasteiger charge is -2.37. The SMILES string of the molecule is NC(=O)C1CN(c2ccc(N)nn2)C1. The topological polar surface area (TPSA) is 98.1 Å². The van der Waals surface area contributed by atoms with Crippen LogP contribution in [-0.2, 0) is 4.79 Å². The largest absolute Gasteiger partial charge is 0.382 e. The molecule has 6 heteroatoms. The Morgan fingerprint density at radius 3 is 2.64 bits per heavy atom. The molecular formula is C8H11N5O. The number of carbonyl (C=O) groups excluding carboxylic acids is 1. The quantitative estimate of drug-likeness (QED) is 0.626. The molecule has 0 spiro atoms. The number of primary amides is 1. The van der Waals surface area contributed by atoms with Crippen molar-refractivity contribution in [1.29, 1.82) is 0 Å². The first-order valence-corrected chi connectivity index (χ1v) is 4.30. The van der Waals surface area contributed by atoms with Crippen molar-refractivity contribution < 1.29 is 4.79 Å². The van der Waals surface area contributed by atoms with Crippen LogP contribution in [-0.4, -0.2) is 29.2 Å². The Balaban J connectivity index is 2.00. The minimum absolute atomic E-state index is 0.0608. The van der Waals surface area contributed by atoms with Crippen LogP contribution in [0.2, 0.25) is 0 Å². The van der Waals surface area contributed by atoms with Gasteiger partial charge in [-0.1, -0.05) is 0 Å². The van der Waals surface area contributed by atoms with Gasteiger partial charge in [0.2, 0.25) is 5.91 Å². The van der Waals surface area contributed by atoms with E-state index in [4.69, 9.17) is 11.5 Å². The van der Waals surface area contributed by atoms with E-state index in [1.54, 1.807) is 12.1 Å². The van der Waals surface area contributed by atoms with Gasteiger partial charge in [-0.3, -0.25) is 4.79 Å². The monoisotopic (exact) mass is 193 g/mol. The van der Waals surface area contributed by atoms with E-state index in [-0.39, 0.29) is 11.8 Å². The van der Waals surface area contributed by atoms with Crippen LogP contribution >= 0.6 is 0 Å². The summed E-state index contributed by atoms with van der Waals surface area (Å²) >= 11 is 0. The zero-order valence-corrected chi connectivity index (χ0v) is 7.55. The maximum absolute atomic E-state index is 10.8. The highest BCUT2D eigenvalue weighted by atomic mass is 16.1. The Morgan fingerprint density at radius 2 is 2.14 bits per heavy atom. The summed E-state index contributed by atoms with van der Waals surface area (Å²) < 4.78 is 0. The summed E-state index contributed by atoms with van der Waals surface area (Å²) in [6.45, 7) is 1.24. The van der Waals surface area contributed by atoms with Crippen molar-refractivity contribution in [3.8, 4) is 0 Å². The molecule has 6 nitrogen and oxygen atoms in total. The van der Waals surface area contributed by atoms with Crippen molar-refractivity contribution in [2.45, 2.75) is 0 Å². The van der Waals surface area contributed by atoms with Gasteiger partial charge < -0.3 is 16.4 Å². The average molecular weight is 193 g/mol. The van der Waals surface area contributed by atoms with Crippen LogP contribution in [0.3, 0.4) is 0 Å². The van der Waals surface area contributed by atoms with Crippen LogP contribution in [0.1, 0.15) is 0 Å². The number of nitrogen functional groups attached to an aromatic ring is 1. The van der Waals surface area contributed by atoms with Crippen molar-refractivity contribution >= 4 is 17.5 Å². The molecule has 1 amide bonds. The highest BCUT2D eigenvalue weighted by molar-refractivity contribution is 5.79. The third kappa shape index (κ3) is 1.46. The zero-order valence-electron chi connectivity index (χ0n) is 7.55. The Hall–Kier alpha value is -1.85. The lowest BCUT2D eigenvalue weighted by atomic mass is 10.00. The number of hydrogen-bond acceptors (Lipinski definition) is 5. The van der Waals surface area contributed by atoms with Gasteiger partial charge in [0.25, 0.3) is 0 Å². The lowest BCUT2D eigenvalue weighted by molar-refractivity contribution is -0.122. The van der Waals surface area contributed by atoms with Gasteiger partial charge in [0, 0.05) is 13.1 Å². The molecule has 0 aromatic carbocycles. The number of amides is 1. The number of rotatable bonds is 2. The summed E-state index contributed by atoms with van der Waals surface area (Å²) in [5, 5.41) is 7.61. The molecule has 0 atom stereocenters. The molecular weight excluding hydrogens is 182 g/mol. The summed E-state index contributed by atoms with van der Waals surface area (Å²) in [4.78, 5) is 12.7. The smallest absolute Gasteiger partial charge is 0.224 e. The molecule has 1 aromatic rings. The zero-order chi connectivity index (χ0) is 10.1.